The van der Waals surface area contributed by atoms with E-state index in [1.165, 1.54) is 35.4 Å². The number of rotatable bonds is 3. The van der Waals surface area contributed by atoms with Crippen LogP contribution in [-0.2, 0) is 4.74 Å². The van der Waals surface area contributed by atoms with E-state index >= 15 is 0 Å². The summed E-state index contributed by atoms with van der Waals surface area (Å²) in [5, 5.41) is 18.9. The number of benzene rings is 1. The smallest absolute Gasteiger partial charge is 0.338 e. The SMILES string of the molecule is C=C1C[C@@H](OC(=O)c2ccc([NH+]([O-])O)cc2)C(C)(C)CC2=C(C)CC[C@@H]12. The van der Waals surface area contributed by atoms with Crippen LogP contribution in [0.3, 0.4) is 0 Å². The highest BCUT2D eigenvalue weighted by Gasteiger charge is 2.41. The minimum Gasteiger partial charge on any atom is -0.595 e. The number of carbonyl (C=O) groups is 1. The summed E-state index contributed by atoms with van der Waals surface area (Å²) >= 11 is 0. The first-order valence-electron chi connectivity index (χ1n) is 9.09. The average Bonchev–Trinajstić information content (AvgIpc) is 2.90. The molecule has 1 saturated carbocycles. The molecule has 0 spiro atoms. The van der Waals surface area contributed by atoms with Gasteiger partial charge in [-0.3, -0.25) is 0 Å². The van der Waals surface area contributed by atoms with Crippen molar-refractivity contribution in [2.45, 2.75) is 52.6 Å². The number of esters is 1. The predicted molar refractivity (Wildman–Crippen MR) is 99.0 cm³/mol. The second kappa shape index (κ2) is 6.99. The van der Waals surface area contributed by atoms with Crippen LogP contribution in [0.15, 0.2) is 47.6 Å². The topological polar surface area (TPSA) is 74.0 Å². The summed E-state index contributed by atoms with van der Waals surface area (Å²) in [4.78, 5) is 12.6. The van der Waals surface area contributed by atoms with Crippen molar-refractivity contribution in [1.29, 1.82) is 0 Å². The summed E-state index contributed by atoms with van der Waals surface area (Å²) in [7, 11) is 0. The average molecular weight is 357 g/mol. The molecule has 0 amide bonds. The second-order valence-corrected chi connectivity index (χ2v) is 8.20. The van der Waals surface area contributed by atoms with E-state index in [1.54, 1.807) is 0 Å². The summed E-state index contributed by atoms with van der Waals surface area (Å²) in [5.74, 6) is 0.0124. The van der Waals surface area contributed by atoms with Crippen molar-refractivity contribution >= 4 is 11.7 Å². The van der Waals surface area contributed by atoms with Gasteiger partial charge in [0, 0.05) is 29.9 Å². The number of hydrogen-bond acceptors (Lipinski definition) is 4. The lowest BCUT2D eigenvalue weighted by atomic mass is 9.80. The van der Waals surface area contributed by atoms with E-state index in [0.29, 0.717) is 17.9 Å². The van der Waals surface area contributed by atoms with Gasteiger partial charge in [0.2, 0.25) is 0 Å². The molecule has 5 nitrogen and oxygen atoms in total. The third kappa shape index (κ3) is 3.61. The molecule has 0 heterocycles. The molecule has 0 aromatic heterocycles. The van der Waals surface area contributed by atoms with Gasteiger partial charge in [0.15, 0.2) is 5.69 Å². The van der Waals surface area contributed by atoms with Crippen LogP contribution in [0.25, 0.3) is 0 Å². The van der Waals surface area contributed by atoms with Crippen molar-refractivity contribution in [2.75, 3.05) is 0 Å². The molecule has 1 fully saturated rings. The molecular weight excluding hydrogens is 330 g/mol. The Hall–Kier alpha value is -1.95. The van der Waals surface area contributed by atoms with E-state index in [2.05, 4.69) is 27.4 Å². The summed E-state index contributed by atoms with van der Waals surface area (Å²) in [6, 6.07) is 5.86. The number of allylic oxidation sites excluding steroid dienone is 2. The van der Waals surface area contributed by atoms with Crippen LogP contribution in [-0.4, -0.2) is 17.3 Å². The summed E-state index contributed by atoms with van der Waals surface area (Å²) < 4.78 is 5.87. The zero-order valence-corrected chi connectivity index (χ0v) is 15.7. The van der Waals surface area contributed by atoms with Crippen molar-refractivity contribution in [2.24, 2.45) is 11.3 Å². The lowest BCUT2D eigenvalue weighted by Crippen LogP contribution is -2.99. The van der Waals surface area contributed by atoms with Gasteiger partial charge in [-0.15, -0.1) is 0 Å². The monoisotopic (exact) mass is 357 g/mol. The first kappa shape index (κ1) is 18.8. The molecule has 2 aliphatic rings. The number of carbonyl (C=O) groups excluding carboxylic acids is 1. The van der Waals surface area contributed by atoms with Gasteiger partial charge in [0.1, 0.15) is 6.10 Å². The van der Waals surface area contributed by atoms with Crippen molar-refractivity contribution in [1.82, 2.24) is 0 Å². The summed E-state index contributed by atoms with van der Waals surface area (Å²) in [5.41, 5.74) is 4.44. The van der Waals surface area contributed by atoms with Gasteiger partial charge in [-0.2, -0.15) is 5.23 Å². The molecule has 5 heteroatoms. The molecule has 0 bridgehead atoms. The van der Waals surface area contributed by atoms with E-state index in [0.717, 1.165) is 24.8 Å². The van der Waals surface area contributed by atoms with Crippen LogP contribution >= 0.6 is 0 Å². The highest BCUT2D eigenvalue weighted by atomic mass is 16.8. The maximum Gasteiger partial charge on any atom is 0.338 e. The first-order chi connectivity index (χ1) is 12.2. The van der Waals surface area contributed by atoms with Crippen molar-refractivity contribution in [3.8, 4) is 0 Å². The molecule has 26 heavy (non-hydrogen) atoms. The minimum absolute atomic E-state index is 0.153. The van der Waals surface area contributed by atoms with Gasteiger partial charge in [0.05, 0.1) is 5.56 Å². The van der Waals surface area contributed by atoms with Crippen LogP contribution in [0.4, 0.5) is 5.69 Å². The first-order valence-corrected chi connectivity index (χ1v) is 9.09. The van der Waals surface area contributed by atoms with Gasteiger partial charge >= 0.3 is 5.97 Å². The lowest BCUT2D eigenvalue weighted by molar-refractivity contribution is -0.991. The summed E-state index contributed by atoms with van der Waals surface area (Å²) in [6.45, 7) is 10.8. The Morgan fingerprint density at radius 3 is 2.62 bits per heavy atom. The van der Waals surface area contributed by atoms with Crippen molar-refractivity contribution < 1.29 is 20.0 Å². The Balaban J connectivity index is 1.79. The Morgan fingerprint density at radius 1 is 1.35 bits per heavy atom. The third-order valence-electron chi connectivity index (χ3n) is 5.85. The molecule has 0 radical (unpaired) electrons. The van der Waals surface area contributed by atoms with Crippen molar-refractivity contribution in [3.05, 3.63) is 58.3 Å². The normalized spacial score (nSPS) is 26.3. The molecule has 2 N–H and O–H groups in total. The predicted octanol–water partition coefficient (Wildman–Crippen LogP) is 3.72. The van der Waals surface area contributed by atoms with E-state index < -0.39 is 11.2 Å². The standard InChI is InChI=1S/C21H27NO4/c1-13-5-10-17-14(2)11-19(21(3,4)12-18(13)17)26-20(23)15-6-8-16(9-7-15)22(24)25/h6-9,17,19,22,24H,2,5,10-12H2,1,3-4H3/t17-,19+/m0/s1. The zero-order valence-electron chi connectivity index (χ0n) is 15.7. The molecule has 1 aromatic rings. The fraction of sp³-hybridized carbons (Fsp3) is 0.476. The fourth-order valence-corrected chi connectivity index (χ4v) is 4.13. The van der Waals surface area contributed by atoms with Gasteiger partial charge in [-0.25, -0.2) is 10.0 Å². The molecular formula is C21H27NO4. The van der Waals surface area contributed by atoms with Gasteiger partial charge in [-0.1, -0.05) is 37.1 Å². The highest BCUT2D eigenvalue weighted by molar-refractivity contribution is 5.89. The number of hydrogen-bond donors (Lipinski definition) is 2. The Kier molecular flexibility index (Phi) is 5.06. The largest absolute Gasteiger partial charge is 0.595 e. The lowest BCUT2D eigenvalue weighted by Gasteiger charge is -2.32. The summed E-state index contributed by atoms with van der Waals surface area (Å²) in [6.07, 6.45) is 3.60. The van der Waals surface area contributed by atoms with Crippen LogP contribution in [0, 0.1) is 16.5 Å². The van der Waals surface area contributed by atoms with Gasteiger partial charge in [0.25, 0.3) is 0 Å². The molecule has 140 valence electrons. The third-order valence-corrected chi connectivity index (χ3v) is 5.85. The quantitative estimate of drug-likeness (QED) is 0.491. The maximum atomic E-state index is 12.6. The molecule has 3 atom stereocenters. The molecule has 2 aliphatic carbocycles. The number of quaternary nitrogens is 1. The zero-order chi connectivity index (χ0) is 19.1. The molecule has 3 rings (SSSR count). The van der Waals surface area contributed by atoms with Crippen molar-refractivity contribution in [3.63, 3.8) is 0 Å². The molecule has 0 aliphatic heterocycles. The fourth-order valence-electron chi connectivity index (χ4n) is 4.13. The van der Waals surface area contributed by atoms with Crippen LogP contribution < -0.4 is 5.23 Å². The Morgan fingerprint density at radius 2 is 2.00 bits per heavy atom. The Bertz CT molecular complexity index is 746. The molecule has 1 unspecified atom stereocenters. The number of nitrogens with one attached hydrogen (secondary N) is 1. The highest BCUT2D eigenvalue weighted by Crippen LogP contribution is 2.49. The van der Waals surface area contributed by atoms with Crippen LogP contribution in [0.5, 0.6) is 0 Å². The van der Waals surface area contributed by atoms with E-state index in [9.17, 15) is 10.0 Å². The van der Waals surface area contributed by atoms with Gasteiger partial charge in [-0.05, 0) is 38.3 Å². The number of fused-ring (bicyclic) bond motifs is 1. The van der Waals surface area contributed by atoms with E-state index in [1.807, 2.05) is 0 Å². The second-order valence-electron chi connectivity index (χ2n) is 8.20. The molecule has 0 saturated heterocycles. The Labute approximate surface area is 154 Å². The van der Waals surface area contributed by atoms with Crippen LogP contribution in [0.1, 0.15) is 56.8 Å². The maximum absolute atomic E-state index is 12.6. The van der Waals surface area contributed by atoms with Crippen LogP contribution in [0.2, 0.25) is 0 Å². The van der Waals surface area contributed by atoms with E-state index in [4.69, 9.17) is 9.94 Å². The molecule has 1 aromatic carbocycles. The number of ether oxygens (including phenoxy) is 1. The van der Waals surface area contributed by atoms with Gasteiger partial charge < -0.3 is 9.94 Å². The van der Waals surface area contributed by atoms with E-state index in [-0.39, 0.29) is 17.2 Å². The minimum atomic E-state index is -1.01.